The summed E-state index contributed by atoms with van der Waals surface area (Å²) in [6.45, 7) is 2.46. The number of carboxylic acid groups (broad SMARTS) is 1. The van der Waals surface area contributed by atoms with E-state index in [1.165, 1.54) is 0 Å². The summed E-state index contributed by atoms with van der Waals surface area (Å²) in [5.74, 6) is 0.927. The average molecular weight is 499 g/mol. The van der Waals surface area contributed by atoms with Gasteiger partial charge >= 0.3 is 5.97 Å². The quantitative estimate of drug-likeness (QED) is 0.291. The topological polar surface area (TPSA) is 88.4 Å². The molecule has 3 heterocycles. The van der Waals surface area contributed by atoms with E-state index in [2.05, 4.69) is 19.9 Å². The Labute approximate surface area is 209 Å². The lowest BCUT2D eigenvalue weighted by Gasteiger charge is -2.38. The molecule has 0 radical (unpaired) electrons. The van der Waals surface area contributed by atoms with Crippen LogP contribution in [0.3, 0.4) is 0 Å². The zero-order valence-corrected chi connectivity index (χ0v) is 20.7. The number of hydrogen-bond donors (Lipinski definition) is 1. The van der Waals surface area contributed by atoms with Gasteiger partial charge in [-0.25, -0.2) is 14.4 Å². The van der Waals surface area contributed by atoms with Crippen molar-refractivity contribution in [3.63, 3.8) is 0 Å². The molecule has 1 fully saturated rings. The molecule has 0 amide bonds. The van der Waals surface area contributed by atoms with Crippen molar-refractivity contribution in [2.24, 2.45) is 11.8 Å². The third-order valence-electron chi connectivity index (χ3n) is 6.70. The predicted octanol–water partition coefficient (Wildman–Crippen LogP) is 5.03. The summed E-state index contributed by atoms with van der Waals surface area (Å²) in [5, 5.41) is 11.0. The molecule has 4 rings (SSSR count). The highest BCUT2D eigenvalue weighted by Crippen LogP contribution is 2.36. The Bertz CT molecular complexity index is 1120. The second-order valence-electron chi connectivity index (χ2n) is 8.92. The molecule has 1 saturated heterocycles. The molecule has 7 nitrogen and oxygen atoms in total. The summed E-state index contributed by atoms with van der Waals surface area (Å²) in [4.78, 5) is 26.7. The van der Waals surface area contributed by atoms with Gasteiger partial charge in [-0.3, -0.25) is 9.78 Å². The summed E-state index contributed by atoms with van der Waals surface area (Å²) in [5.41, 5.74) is 1.35. The molecule has 1 N–H and O–H groups in total. The number of benzene rings is 1. The van der Waals surface area contributed by atoms with E-state index >= 15 is 4.39 Å². The Hall–Kier alpha value is -2.78. The number of carbonyl (C=O) groups is 1. The number of nitrogens with zero attached hydrogens (tertiary/aromatic N) is 4. The van der Waals surface area contributed by atoms with Crippen LogP contribution in [0.1, 0.15) is 37.4 Å². The minimum absolute atomic E-state index is 0.0145. The number of thioether (sulfide) groups is 1. The van der Waals surface area contributed by atoms with Crippen molar-refractivity contribution in [3.05, 3.63) is 54.5 Å². The number of pyridine rings is 1. The van der Waals surface area contributed by atoms with Crippen LogP contribution in [-0.2, 0) is 4.79 Å². The number of likely N-dealkylation sites (tertiary alicyclic amines) is 1. The molecule has 1 aliphatic rings. The van der Waals surface area contributed by atoms with E-state index in [0.717, 1.165) is 47.9 Å². The van der Waals surface area contributed by atoms with E-state index in [-0.39, 0.29) is 18.3 Å². The highest BCUT2D eigenvalue weighted by Gasteiger charge is 2.31. The van der Waals surface area contributed by atoms with Crippen molar-refractivity contribution in [2.75, 3.05) is 32.5 Å². The standard InChI is InChI=1S/C26H31FN4O3S/c1-34-20-4-6-24-22(16-20)21(7-11-28-24)23(27)5-3-18-8-12-31(17-19(18)15-25(32)33)13-14-35-26-29-9-2-10-30-26/h2,4,6-7,9-11,16,18-19,23H,3,5,8,12-15,17H2,1H3,(H,32,33)/t18-,19+,23+/m1/s1. The smallest absolute Gasteiger partial charge is 0.303 e. The molecule has 35 heavy (non-hydrogen) atoms. The fourth-order valence-corrected chi connectivity index (χ4v) is 5.69. The van der Waals surface area contributed by atoms with Gasteiger partial charge in [-0.2, -0.15) is 0 Å². The van der Waals surface area contributed by atoms with Crippen molar-refractivity contribution < 1.29 is 19.0 Å². The monoisotopic (exact) mass is 498 g/mol. The number of piperidine rings is 1. The molecule has 0 bridgehead atoms. The first-order valence-electron chi connectivity index (χ1n) is 11.9. The van der Waals surface area contributed by atoms with Crippen molar-refractivity contribution in [3.8, 4) is 5.75 Å². The molecule has 186 valence electrons. The number of fused-ring (bicyclic) bond motifs is 1. The SMILES string of the molecule is COc1ccc2nccc([C@@H](F)CC[C@@H]3CCN(CCSc4ncccn4)C[C@@H]3CC(=O)O)c2c1. The largest absolute Gasteiger partial charge is 0.497 e. The van der Waals surface area contributed by atoms with E-state index in [4.69, 9.17) is 4.74 Å². The van der Waals surface area contributed by atoms with Crippen LogP contribution in [-0.4, -0.2) is 63.4 Å². The van der Waals surface area contributed by atoms with Crippen LogP contribution in [0.15, 0.2) is 54.1 Å². The lowest BCUT2D eigenvalue weighted by atomic mass is 9.79. The molecule has 0 spiro atoms. The molecule has 3 atom stereocenters. The van der Waals surface area contributed by atoms with Crippen LogP contribution in [0.5, 0.6) is 5.75 Å². The van der Waals surface area contributed by atoms with Crippen LogP contribution in [0.4, 0.5) is 4.39 Å². The number of hydrogen-bond acceptors (Lipinski definition) is 7. The molecule has 3 aromatic rings. The minimum atomic E-state index is -1.14. The van der Waals surface area contributed by atoms with Crippen molar-refractivity contribution >= 4 is 28.6 Å². The highest BCUT2D eigenvalue weighted by molar-refractivity contribution is 7.99. The molecule has 2 aromatic heterocycles. The molecule has 9 heteroatoms. The van der Waals surface area contributed by atoms with Crippen LogP contribution >= 0.6 is 11.8 Å². The van der Waals surface area contributed by atoms with Gasteiger partial charge in [0.15, 0.2) is 5.16 Å². The normalized spacial score (nSPS) is 19.5. The van der Waals surface area contributed by atoms with Crippen LogP contribution < -0.4 is 4.74 Å². The Kier molecular flexibility index (Phi) is 8.87. The molecule has 1 aliphatic heterocycles. The van der Waals surface area contributed by atoms with Gasteiger partial charge in [-0.05, 0) is 73.5 Å². The first-order valence-corrected chi connectivity index (χ1v) is 12.9. The third-order valence-corrected chi connectivity index (χ3v) is 7.56. The maximum Gasteiger partial charge on any atom is 0.303 e. The van der Waals surface area contributed by atoms with E-state index in [9.17, 15) is 9.90 Å². The number of ether oxygens (including phenoxy) is 1. The maximum atomic E-state index is 15.4. The van der Waals surface area contributed by atoms with E-state index < -0.39 is 12.1 Å². The summed E-state index contributed by atoms with van der Waals surface area (Å²) in [6.07, 6.45) is 5.97. The van der Waals surface area contributed by atoms with Gasteiger partial charge in [-0.1, -0.05) is 11.8 Å². The predicted molar refractivity (Wildman–Crippen MR) is 134 cm³/mol. The molecule has 0 unspecified atom stereocenters. The third kappa shape index (κ3) is 6.89. The van der Waals surface area contributed by atoms with Crippen LogP contribution in [0.25, 0.3) is 10.9 Å². The number of halogens is 1. The number of carboxylic acids is 1. The molecular weight excluding hydrogens is 467 g/mol. The Morgan fingerprint density at radius 1 is 1.23 bits per heavy atom. The van der Waals surface area contributed by atoms with E-state index in [1.807, 2.05) is 18.2 Å². The first-order chi connectivity index (χ1) is 17.0. The summed E-state index contributed by atoms with van der Waals surface area (Å²) < 4.78 is 20.7. The second-order valence-corrected chi connectivity index (χ2v) is 9.98. The van der Waals surface area contributed by atoms with Crippen molar-refractivity contribution in [1.82, 2.24) is 19.9 Å². The van der Waals surface area contributed by atoms with Gasteiger partial charge in [0, 0.05) is 49.2 Å². The number of aromatic nitrogens is 3. The summed E-state index contributed by atoms with van der Waals surface area (Å²) >= 11 is 1.60. The van der Waals surface area contributed by atoms with E-state index in [1.54, 1.807) is 49.6 Å². The van der Waals surface area contributed by atoms with Gasteiger partial charge in [0.25, 0.3) is 0 Å². The van der Waals surface area contributed by atoms with Crippen molar-refractivity contribution in [1.29, 1.82) is 0 Å². The van der Waals surface area contributed by atoms with Gasteiger partial charge in [-0.15, -0.1) is 0 Å². The summed E-state index contributed by atoms with van der Waals surface area (Å²) in [7, 11) is 1.59. The van der Waals surface area contributed by atoms with E-state index in [0.29, 0.717) is 24.2 Å². The molecule has 0 aliphatic carbocycles. The van der Waals surface area contributed by atoms with Gasteiger partial charge in [0.1, 0.15) is 11.9 Å². The average Bonchev–Trinajstić information content (AvgIpc) is 2.87. The van der Waals surface area contributed by atoms with Crippen LogP contribution in [0, 0.1) is 11.8 Å². The van der Waals surface area contributed by atoms with Crippen LogP contribution in [0.2, 0.25) is 0 Å². The molecular formula is C26H31FN4O3S. The maximum absolute atomic E-state index is 15.4. The number of aliphatic carboxylic acids is 1. The Morgan fingerprint density at radius 3 is 2.83 bits per heavy atom. The first kappa shape index (κ1) is 25.3. The van der Waals surface area contributed by atoms with Gasteiger partial charge in [0.2, 0.25) is 0 Å². The summed E-state index contributed by atoms with van der Waals surface area (Å²) in [6, 6.07) is 9.01. The molecule has 0 saturated carbocycles. The van der Waals surface area contributed by atoms with Gasteiger partial charge < -0.3 is 14.7 Å². The Morgan fingerprint density at radius 2 is 2.06 bits per heavy atom. The lowest BCUT2D eigenvalue weighted by molar-refractivity contribution is -0.139. The highest BCUT2D eigenvalue weighted by atomic mass is 32.2. The Balaban J connectivity index is 1.35. The number of methoxy groups -OCH3 is 1. The van der Waals surface area contributed by atoms with Gasteiger partial charge in [0.05, 0.1) is 12.6 Å². The zero-order valence-electron chi connectivity index (χ0n) is 19.8. The number of alkyl halides is 1. The van der Waals surface area contributed by atoms with Crippen molar-refractivity contribution in [2.45, 2.75) is 37.0 Å². The second kappa shape index (κ2) is 12.3. The fourth-order valence-electron chi connectivity index (χ4n) is 4.88. The minimum Gasteiger partial charge on any atom is -0.497 e. The lowest BCUT2D eigenvalue weighted by Crippen LogP contribution is -2.42. The molecule has 1 aromatic carbocycles. The zero-order chi connectivity index (χ0) is 24.6. The number of rotatable bonds is 11. The fraction of sp³-hybridized carbons (Fsp3) is 0.462.